The van der Waals surface area contributed by atoms with Crippen molar-refractivity contribution in [2.75, 3.05) is 35.6 Å². The molecule has 0 aliphatic rings. The third-order valence-electron chi connectivity index (χ3n) is 3.33. The van der Waals surface area contributed by atoms with E-state index in [2.05, 4.69) is 23.0 Å². The first-order valence-electron chi connectivity index (χ1n) is 8.59. The zero-order chi connectivity index (χ0) is 18.5. The number of alkyl halides is 1. The van der Waals surface area contributed by atoms with E-state index in [0.29, 0.717) is 17.9 Å². The molecule has 5 nitrogen and oxygen atoms in total. The molecular formula is C18H28IN2O3S-. The second-order valence-electron chi connectivity index (χ2n) is 5.56. The topological polar surface area (TPSA) is 73.6 Å². The normalized spacial score (nSPS) is 13.6. The van der Waals surface area contributed by atoms with Crippen LogP contribution < -0.4 is 26.2 Å². The van der Waals surface area contributed by atoms with Gasteiger partial charge in [0.15, 0.2) is 0 Å². The second kappa shape index (κ2) is 13.5. The number of rotatable bonds is 13. The van der Waals surface area contributed by atoms with Crippen molar-refractivity contribution in [3.8, 4) is 11.8 Å². The molecule has 0 fully saturated rings. The average Bonchev–Trinajstić information content (AvgIpc) is 2.61. The Morgan fingerprint density at radius 1 is 1.32 bits per heavy atom. The van der Waals surface area contributed by atoms with E-state index in [0.717, 1.165) is 35.3 Å². The fourth-order valence-corrected chi connectivity index (χ4v) is 5.69. The van der Waals surface area contributed by atoms with Crippen LogP contribution in [0.2, 0.25) is 0 Å². The molecular weight excluding hydrogens is 451 g/mol. The van der Waals surface area contributed by atoms with Gasteiger partial charge in [0.05, 0.1) is 0 Å². The van der Waals surface area contributed by atoms with Crippen molar-refractivity contribution in [1.29, 1.82) is 5.26 Å². The molecule has 0 saturated carbocycles. The first-order valence-corrected chi connectivity index (χ1v) is 12.6. The summed E-state index contributed by atoms with van der Waals surface area (Å²) in [6.45, 7) is 5.94. The van der Waals surface area contributed by atoms with E-state index in [1.165, 1.54) is 0 Å². The number of benzene rings is 1. The first-order chi connectivity index (χ1) is 12.1. The maximum absolute atomic E-state index is 11.7. The summed E-state index contributed by atoms with van der Waals surface area (Å²) in [6.07, 6.45) is 1.32. The zero-order valence-corrected chi connectivity index (χ0v) is 18.0. The van der Waals surface area contributed by atoms with Gasteiger partial charge in [-0.15, -0.1) is 0 Å². The van der Waals surface area contributed by atoms with Crippen LogP contribution in [0.4, 0.5) is 0 Å². The summed E-state index contributed by atoms with van der Waals surface area (Å²) in [7, 11) is -0.709. The Morgan fingerprint density at radius 3 is 2.64 bits per heavy atom. The predicted molar refractivity (Wildman–Crippen MR) is 97.6 cm³/mol. The molecule has 1 N–H and O–H groups in total. The van der Waals surface area contributed by atoms with Gasteiger partial charge in [-0.25, -0.2) is 0 Å². The number of aliphatic hydroxyl groups excluding tert-OH is 1. The van der Waals surface area contributed by atoms with Crippen molar-refractivity contribution in [3.05, 3.63) is 29.8 Å². The SMILES string of the molecule is CCCS(=O)CCCN(CC(O)COc1ccc(C#N)cc1)[I-]CC. The molecule has 25 heavy (non-hydrogen) atoms. The van der Waals surface area contributed by atoms with Gasteiger partial charge >= 0.3 is 165 Å². The summed E-state index contributed by atoms with van der Waals surface area (Å²) in [5.41, 5.74) is 0.590. The van der Waals surface area contributed by atoms with E-state index in [1.54, 1.807) is 24.3 Å². The minimum absolute atomic E-state index is 0.103. The van der Waals surface area contributed by atoms with Crippen LogP contribution >= 0.6 is 0 Å². The standard InChI is InChI=1S/C18H28IN2O3S/c1-3-11-25(23)12-5-10-21(19-4-2)14-17(22)15-24-18-8-6-16(13-20)7-9-18/h6-9,17,22H,3-5,10-12,14-15H2,1-2H3/q-1. The van der Waals surface area contributed by atoms with E-state index >= 15 is 0 Å². The molecule has 1 aromatic carbocycles. The van der Waals surface area contributed by atoms with Crippen LogP contribution in [0, 0.1) is 11.3 Å². The van der Waals surface area contributed by atoms with Crippen molar-refractivity contribution in [1.82, 2.24) is 3.11 Å². The molecule has 1 aromatic rings. The molecule has 7 heteroatoms. The summed E-state index contributed by atoms with van der Waals surface area (Å²) in [5.74, 6) is 2.18. The van der Waals surface area contributed by atoms with Crippen molar-refractivity contribution < 1.29 is 35.5 Å². The molecule has 1 rings (SSSR count). The van der Waals surface area contributed by atoms with Gasteiger partial charge in [0.2, 0.25) is 0 Å². The average molecular weight is 479 g/mol. The summed E-state index contributed by atoms with van der Waals surface area (Å²) in [4.78, 5) is 0. The van der Waals surface area contributed by atoms with Crippen molar-refractivity contribution >= 4 is 10.8 Å². The van der Waals surface area contributed by atoms with Gasteiger partial charge in [-0.3, -0.25) is 0 Å². The molecule has 0 aromatic heterocycles. The molecule has 0 aliphatic heterocycles. The molecule has 0 amide bonds. The number of hydrogen-bond acceptors (Lipinski definition) is 5. The Kier molecular flexibility index (Phi) is 12.1. The Bertz CT molecular complexity index is 548. The summed E-state index contributed by atoms with van der Waals surface area (Å²) in [5, 5.41) is 19.0. The Labute approximate surface area is 164 Å². The van der Waals surface area contributed by atoms with Gasteiger partial charge in [0.25, 0.3) is 0 Å². The van der Waals surface area contributed by atoms with Crippen molar-refractivity contribution in [3.63, 3.8) is 0 Å². The van der Waals surface area contributed by atoms with E-state index in [1.807, 2.05) is 0 Å². The van der Waals surface area contributed by atoms with Gasteiger partial charge in [-0.1, -0.05) is 0 Å². The van der Waals surface area contributed by atoms with Gasteiger partial charge in [0.1, 0.15) is 0 Å². The molecule has 0 saturated heterocycles. The van der Waals surface area contributed by atoms with Crippen LogP contribution in [0.5, 0.6) is 5.75 Å². The summed E-state index contributed by atoms with van der Waals surface area (Å²) >= 11 is -0.103. The van der Waals surface area contributed by atoms with Gasteiger partial charge in [-0.05, 0) is 0 Å². The molecule has 0 heterocycles. The first kappa shape index (κ1) is 22.4. The zero-order valence-electron chi connectivity index (χ0n) is 15.0. The number of ether oxygens (including phenoxy) is 1. The van der Waals surface area contributed by atoms with Gasteiger partial charge in [-0.2, -0.15) is 0 Å². The van der Waals surface area contributed by atoms with E-state index in [-0.39, 0.29) is 28.1 Å². The maximum atomic E-state index is 11.7. The Balaban J connectivity index is 2.34. The number of halogens is 1. The monoisotopic (exact) mass is 479 g/mol. The van der Waals surface area contributed by atoms with Crippen LogP contribution in [-0.4, -0.2) is 54.2 Å². The molecule has 0 bridgehead atoms. The number of aliphatic hydroxyl groups is 1. The minimum atomic E-state index is -0.709. The number of hydrogen-bond donors (Lipinski definition) is 1. The van der Waals surface area contributed by atoms with Crippen LogP contribution in [-0.2, 0) is 10.8 Å². The fourth-order valence-electron chi connectivity index (χ4n) is 2.20. The predicted octanol–water partition coefficient (Wildman–Crippen LogP) is -0.827. The molecule has 0 radical (unpaired) electrons. The van der Waals surface area contributed by atoms with Gasteiger partial charge < -0.3 is 0 Å². The fraction of sp³-hybridized carbons (Fsp3) is 0.611. The van der Waals surface area contributed by atoms with E-state index < -0.39 is 16.9 Å². The number of nitriles is 1. The van der Waals surface area contributed by atoms with E-state index in [4.69, 9.17) is 10.00 Å². The molecule has 142 valence electrons. The molecule has 2 unspecified atom stereocenters. The number of nitrogens with zero attached hydrogens (tertiary/aromatic N) is 2. The summed E-state index contributed by atoms with van der Waals surface area (Å²) < 4.78 is 20.8. The third kappa shape index (κ3) is 10.1. The Hall–Kier alpha value is -0.690. The molecule has 2 atom stereocenters. The molecule has 0 aliphatic carbocycles. The summed E-state index contributed by atoms with van der Waals surface area (Å²) in [6, 6.07) is 8.95. The van der Waals surface area contributed by atoms with Crippen LogP contribution in [0.3, 0.4) is 0 Å². The van der Waals surface area contributed by atoms with Crippen molar-refractivity contribution in [2.24, 2.45) is 0 Å². The van der Waals surface area contributed by atoms with Crippen LogP contribution in [0.15, 0.2) is 24.3 Å². The molecule has 0 spiro atoms. The second-order valence-corrected chi connectivity index (χ2v) is 10.8. The third-order valence-corrected chi connectivity index (χ3v) is 7.46. The van der Waals surface area contributed by atoms with E-state index in [9.17, 15) is 9.32 Å². The van der Waals surface area contributed by atoms with Crippen molar-refractivity contribution in [2.45, 2.75) is 32.8 Å². The quantitative estimate of drug-likeness (QED) is 0.227. The van der Waals surface area contributed by atoms with Crippen LogP contribution in [0.25, 0.3) is 0 Å². The van der Waals surface area contributed by atoms with Gasteiger partial charge in [0, 0.05) is 0 Å². The van der Waals surface area contributed by atoms with Crippen LogP contribution in [0.1, 0.15) is 32.3 Å². The Morgan fingerprint density at radius 2 is 2.04 bits per heavy atom.